The van der Waals surface area contributed by atoms with Crippen LogP contribution in [-0.4, -0.2) is 28.5 Å². The fourth-order valence-electron chi connectivity index (χ4n) is 2.00. The molecule has 0 N–H and O–H groups in total. The summed E-state index contributed by atoms with van der Waals surface area (Å²) in [4.78, 5) is 11.6. The first-order chi connectivity index (χ1) is 10.4. The Kier molecular flexibility index (Phi) is 4.51. The second-order valence-electron chi connectivity index (χ2n) is 4.83. The molecular formula is C16H17NO4S. The third-order valence-electron chi connectivity index (χ3n) is 3.30. The van der Waals surface area contributed by atoms with E-state index in [1.165, 1.54) is 30.6 Å². The van der Waals surface area contributed by atoms with Crippen molar-refractivity contribution in [2.75, 3.05) is 18.5 Å². The number of hydrogen-bond acceptors (Lipinski definition) is 4. The van der Waals surface area contributed by atoms with Crippen molar-refractivity contribution in [3.8, 4) is 0 Å². The van der Waals surface area contributed by atoms with E-state index in [0.29, 0.717) is 11.3 Å². The van der Waals surface area contributed by atoms with E-state index in [1.807, 2.05) is 13.0 Å². The van der Waals surface area contributed by atoms with Crippen molar-refractivity contribution < 1.29 is 17.9 Å². The average molecular weight is 319 g/mol. The van der Waals surface area contributed by atoms with Crippen molar-refractivity contribution in [1.29, 1.82) is 0 Å². The summed E-state index contributed by atoms with van der Waals surface area (Å²) in [5, 5.41) is 0. The van der Waals surface area contributed by atoms with E-state index in [4.69, 9.17) is 0 Å². The number of hydrogen-bond donors (Lipinski definition) is 0. The second-order valence-corrected chi connectivity index (χ2v) is 6.80. The number of aryl methyl sites for hydroxylation is 1. The Morgan fingerprint density at radius 3 is 2.27 bits per heavy atom. The molecule has 2 aromatic rings. The van der Waals surface area contributed by atoms with Crippen LogP contribution in [0.1, 0.15) is 15.9 Å². The summed E-state index contributed by atoms with van der Waals surface area (Å²) in [6.07, 6.45) is 0. The van der Waals surface area contributed by atoms with Crippen LogP contribution < -0.4 is 4.31 Å². The molecule has 6 heteroatoms. The monoisotopic (exact) mass is 319 g/mol. The van der Waals surface area contributed by atoms with Gasteiger partial charge in [-0.3, -0.25) is 4.31 Å². The van der Waals surface area contributed by atoms with Crippen LogP contribution in [0.4, 0.5) is 5.69 Å². The number of carbonyl (C=O) groups excluding carboxylic acids is 1. The molecule has 0 saturated carbocycles. The minimum Gasteiger partial charge on any atom is -0.465 e. The van der Waals surface area contributed by atoms with Crippen molar-refractivity contribution >= 4 is 21.7 Å². The molecule has 0 aliphatic rings. The number of carbonyl (C=O) groups is 1. The first kappa shape index (κ1) is 16.0. The van der Waals surface area contributed by atoms with Crippen LogP contribution in [0.25, 0.3) is 0 Å². The van der Waals surface area contributed by atoms with E-state index in [2.05, 4.69) is 4.74 Å². The van der Waals surface area contributed by atoms with Gasteiger partial charge in [-0.05, 0) is 48.9 Å². The normalized spacial score (nSPS) is 11.0. The molecule has 0 unspecified atom stereocenters. The van der Waals surface area contributed by atoms with Gasteiger partial charge in [0, 0.05) is 7.05 Å². The number of ether oxygens (including phenoxy) is 1. The van der Waals surface area contributed by atoms with Gasteiger partial charge in [0.05, 0.1) is 23.3 Å². The fraction of sp³-hybridized carbons (Fsp3) is 0.188. The molecule has 0 fully saturated rings. The molecule has 0 spiro atoms. The van der Waals surface area contributed by atoms with E-state index in [1.54, 1.807) is 30.3 Å². The molecule has 0 bridgehead atoms. The van der Waals surface area contributed by atoms with Crippen LogP contribution in [0.15, 0.2) is 53.4 Å². The lowest BCUT2D eigenvalue weighted by atomic mass is 10.2. The summed E-state index contributed by atoms with van der Waals surface area (Å²) in [6, 6.07) is 12.9. The van der Waals surface area contributed by atoms with Crippen molar-refractivity contribution in [2.24, 2.45) is 0 Å². The van der Waals surface area contributed by atoms with Crippen molar-refractivity contribution in [3.63, 3.8) is 0 Å². The fourth-order valence-corrected chi connectivity index (χ4v) is 3.30. The summed E-state index contributed by atoms with van der Waals surface area (Å²) in [5.74, 6) is -0.462. The van der Waals surface area contributed by atoms with Gasteiger partial charge in [0.25, 0.3) is 10.0 Å². The highest BCUT2D eigenvalue weighted by Gasteiger charge is 2.21. The molecule has 0 heterocycles. The molecule has 116 valence electrons. The highest BCUT2D eigenvalue weighted by molar-refractivity contribution is 7.92. The Balaban J connectivity index is 2.34. The smallest absolute Gasteiger partial charge is 0.337 e. The van der Waals surface area contributed by atoms with Gasteiger partial charge in [0.1, 0.15) is 0 Å². The van der Waals surface area contributed by atoms with E-state index < -0.39 is 16.0 Å². The van der Waals surface area contributed by atoms with Crippen LogP contribution in [0, 0.1) is 6.92 Å². The SMILES string of the molecule is COC(=O)c1ccc(N(C)S(=O)(=O)c2cccc(C)c2)cc1. The van der Waals surface area contributed by atoms with Crippen LogP contribution in [-0.2, 0) is 14.8 Å². The summed E-state index contributed by atoms with van der Waals surface area (Å²) in [7, 11) is -0.863. The van der Waals surface area contributed by atoms with Crippen molar-refractivity contribution in [2.45, 2.75) is 11.8 Å². The molecule has 0 aliphatic carbocycles. The van der Waals surface area contributed by atoms with E-state index in [9.17, 15) is 13.2 Å². The van der Waals surface area contributed by atoms with Gasteiger partial charge in [-0.2, -0.15) is 0 Å². The summed E-state index contributed by atoms with van der Waals surface area (Å²) >= 11 is 0. The Labute approximate surface area is 130 Å². The van der Waals surface area contributed by atoms with E-state index in [0.717, 1.165) is 5.56 Å². The van der Waals surface area contributed by atoms with Gasteiger partial charge in [-0.15, -0.1) is 0 Å². The largest absolute Gasteiger partial charge is 0.465 e. The van der Waals surface area contributed by atoms with Crippen LogP contribution in [0.2, 0.25) is 0 Å². The number of benzene rings is 2. The lowest BCUT2D eigenvalue weighted by Gasteiger charge is -2.20. The predicted molar refractivity (Wildman–Crippen MR) is 84.5 cm³/mol. The number of anilines is 1. The van der Waals surface area contributed by atoms with Crippen LogP contribution in [0.5, 0.6) is 0 Å². The topological polar surface area (TPSA) is 63.7 Å². The van der Waals surface area contributed by atoms with Crippen molar-refractivity contribution in [3.05, 3.63) is 59.7 Å². The molecule has 5 nitrogen and oxygen atoms in total. The minimum atomic E-state index is -3.64. The van der Waals surface area contributed by atoms with E-state index >= 15 is 0 Å². The first-order valence-electron chi connectivity index (χ1n) is 6.60. The number of rotatable bonds is 4. The van der Waals surface area contributed by atoms with Gasteiger partial charge < -0.3 is 4.74 Å². The number of methoxy groups -OCH3 is 1. The number of sulfonamides is 1. The van der Waals surface area contributed by atoms with Crippen LogP contribution >= 0.6 is 0 Å². The lowest BCUT2D eigenvalue weighted by molar-refractivity contribution is 0.0601. The molecule has 2 rings (SSSR count). The Morgan fingerprint density at radius 1 is 1.09 bits per heavy atom. The maximum atomic E-state index is 12.6. The van der Waals surface area contributed by atoms with Gasteiger partial charge in [-0.25, -0.2) is 13.2 Å². The third kappa shape index (κ3) is 3.12. The standard InChI is InChI=1S/C16H17NO4S/c1-12-5-4-6-15(11-12)22(19,20)17(2)14-9-7-13(8-10-14)16(18)21-3/h4-11H,1-3H3. The molecule has 0 atom stereocenters. The average Bonchev–Trinajstić information content (AvgIpc) is 2.53. The quantitative estimate of drug-likeness (QED) is 0.813. The molecule has 2 aromatic carbocycles. The summed E-state index contributed by atoms with van der Waals surface area (Å²) < 4.78 is 31.0. The molecule has 0 aliphatic heterocycles. The van der Waals surface area contributed by atoms with Gasteiger partial charge in [-0.1, -0.05) is 12.1 Å². The van der Waals surface area contributed by atoms with Gasteiger partial charge in [0.15, 0.2) is 0 Å². The maximum Gasteiger partial charge on any atom is 0.337 e. The lowest BCUT2D eigenvalue weighted by Crippen LogP contribution is -2.26. The summed E-state index contributed by atoms with van der Waals surface area (Å²) in [5.41, 5.74) is 1.71. The molecule has 22 heavy (non-hydrogen) atoms. The number of esters is 1. The zero-order valence-corrected chi connectivity index (χ0v) is 13.4. The van der Waals surface area contributed by atoms with Crippen molar-refractivity contribution in [1.82, 2.24) is 0 Å². The zero-order chi connectivity index (χ0) is 16.3. The Morgan fingerprint density at radius 2 is 1.73 bits per heavy atom. The molecule has 0 radical (unpaired) electrons. The zero-order valence-electron chi connectivity index (χ0n) is 12.6. The highest BCUT2D eigenvalue weighted by atomic mass is 32.2. The maximum absolute atomic E-state index is 12.6. The summed E-state index contributed by atoms with van der Waals surface area (Å²) in [6.45, 7) is 1.84. The first-order valence-corrected chi connectivity index (χ1v) is 8.04. The molecular weight excluding hydrogens is 302 g/mol. The van der Waals surface area contributed by atoms with Gasteiger partial charge in [0.2, 0.25) is 0 Å². The second kappa shape index (κ2) is 6.19. The third-order valence-corrected chi connectivity index (χ3v) is 5.08. The highest BCUT2D eigenvalue weighted by Crippen LogP contribution is 2.23. The molecule has 0 saturated heterocycles. The molecule has 0 amide bonds. The minimum absolute atomic E-state index is 0.229. The predicted octanol–water partition coefficient (Wildman–Crippen LogP) is 2.61. The van der Waals surface area contributed by atoms with Gasteiger partial charge >= 0.3 is 5.97 Å². The Hall–Kier alpha value is -2.34. The molecule has 0 aromatic heterocycles. The van der Waals surface area contributed by atoms with Crippen LogP contribution in [0.3, 0.4) is 0 Å². The number of nitrogens with zero attached hydrogens (tertiary/aromatic N) is 1. The Bertz CT molecular complexity index is 782. The van der Waals surface area contributed by atoms with E-state index in [-0.39, 0.29) is 4.90 Å².